The molecule has 152 valence electrons. The average Bonchev–Trinajstić information content (AvgIpc) is 2.70. The van der Waals surface area contributed by atoms with Gasteiger partial charge in [0.1, 0.15) is 5.82 Å². The summed E-state index contributed by atoms with van der Waals surface area (Å²) in [6.45, 7) is 0. The van der Waals surface area contributed by atoms with E-state index in [1.807, 2.05) is 6.07 Å². The van der Waals surface area contributed by atoms with Crippen LogP contribution in [0.25, 0.3) is 0 Å². The summed E-state index contributed by atoms with van der Waals surface area (Å²) in [7, 11) is 0. The van der Waals surface area contributed by atoms with Crippen LogP contribution in [0.4, 0.5) is 23.1 Å². The molecule has 1 atom stereocenters. The number of amides is 2. The highest BCUT2D eigenvalue weighted by atomic mass is 35.5. The van der Waals surface area contributed by atoms with Crippen molar-refractivity contribution < 1.29 is 9.59 Å². The van der Waals surface area contributed by atoms with Crippen LogP contribution >= 0.6 is 23.2 Å². The minimum absolute atomic E-state index is 0.0239. The lowest BCUT2D eigenvalue weighted by atomic mass is 9.92. The molecule has 3 aromatic rings. The van der Waals surface area contributed by atoms with Gasteiger partial charge in [-0.3, -0.25) is 19.4 Å². The molecule has 0 aliphatic carbocycles. The minimum Gasteiger partial charge on any atom is -0.326 e. The summed E-state index contributed by atoms with van der Waals surface area (Å²) in [5.41, 5.74) is 0.580. The number of anilines is 4. The van der Waals surface area contributed by atoms with Crippen molar-refractivity contribution in [3.63, 3.8) is 0 Å². The van der Waals surface area contributed by atoms with Crippen molar-refractivity contribution in [2.24, 2.45) is 0 Å². The number of hydrogen-bond acceptors (Lipinski definition) is 5. The molecule has 10 heteroatoms. The molecule has 1 aliphatic rings. The number of fused-ring (bicyclic) bond motifs is 1. The van der Waals surface area contributed by atoms with Gasteiger partial charge in [-0.05, 0) is 30.3 Å². The van der Waals surface area contributed by atoms with E-state index in [0.717, 1.165) is 0 Å². The zero-order valence-corrected chi connectivity index (χ0v) is 16.8. The van der Waals surface area contributed by atoms with Crippen LogP contribution in [0.15, 0.2) is 53.3 Å². The van der Waals surface area contributed by atoms with Crippen molar-refractivity contribution in [2.75, 3.05) is 16.0 Å². The first-order chi connectivity index (χ1) is 14.4. The van der Waals surface area contributed by atoms with E-state index in [0.29, 0.717) is 21.4 Å². The minimum atomic E-state index is -0.974. The Morgan fingerprint density at radius 1 is 1.10 bits per heavy atom. The Hall–Kier alpha value is -3.36. The van der Waals surface area contributed by atoms with Gasteiger partial charge in [0.2, 0.25) is 17.8 Å². The second-order valence-electron chi connectivity index (χ2n) is 6.59. The van der Waals surface area contributed by atoms with Gasteiger partial charge in [0.05, 0.1) is 22.2 Å². The van der Waals surface area contributed by atoms with Crippen LogP contribution in [-0.2, 0) is 9.59 Å². The number of aromatic nitrogens is 2. The first-order valence-electron chi connectivity index (χ1n) is 8.93. The molecule has 30 heavy (non-hydrogen) atoms. The number of nitrogens with one attached hydrogen (secondary N) is 4. The van der Waals surface area contributed by atoms with Gasteiger partial charge in [-0.2, -0.15) is 4.98 Å². The number of carbonyl (C=O) groups is 2. The van der Waals surface area contributed by atoms with Crippen molar-refractivity contribution in [3.05, 3.63) is 74.5 Å². The number of benzene rings is 2. The standard InChI is InChI=1S/C20H15Cl2N5O3/c21-10-6-7-14(13(22)8-10)24-20-26-17-16(19(30)27-20)12(9-15(28)25-17)18(29)23-11-4-2-1-3-5-11/h1-8,12H,9H2,(H,23,29)(H3,24,25,26,27,28,30)/t12-/m1/s1. The van der Waals surface area contributed by atoms with Crippen molar-refractivity contribution in [3.8, 4) is 0 Å². The summed E-state index contributed by atoms with van der Waals surface area (Å²) in [6.07, 6.45) is -0.161. The smallest absolute Gasteiger partial charge is 0.258 e. The van der Waals surface area contributed by atoms with Crippen molar-refractivity contribution in [1.29, 1.82) is 0 Å². The fraction of sp³-hybridized carbons (Fsp3) is 0.100. The van der Waals surface area contributed by atoms with Crippen LogP contribution in [0.2, 0.25) is 10.0 Å². The normalized spacial score (nSPS) is 15.1. The molecular weight excluding hydrogens is 429 g/mol. The van der Waals surface area contributed by atoms with Crippen LogP contribution in [-0.4, -0.2) is 21.8 Å². The van der Waals surface area contributed by atoms with Crippen LogP contribution in [0.5, 0.6) is 0 Å². The summed E-state index contributed by atoms with van der Waals surface area (Å²) >= 11 is 12.0. The van der Waals surface area contributed by atoms with Gasteiger partial charge in [0.15, 0.2) is 0 Å². The molecule has 0 saturated heterocycles. The third-order valence-corrected chi connectivity index (χ3v) is 5.04. The zero-order chi connectivity index (χ0) is 21.3. The Balaban J connectivity index is 1.65. The third kappa shape index (κ3) is 4.14. The van der Waals surface area contributed by atoms with E-state index in [4.69, 9.17) is 23.2 Å². The van der Waals surface area contributed by atoms with E-state index in [1.165, 1.54) is 6.07 Å². The largest absolute Gasteiger partial charge is 0.326 e. The molecule has 4 N–H and O–H groups in total. The monoisotopic (exact) mass is 443 g/mol. The lowest BCUT2D eigenvalue weighted by Crippen LogP contribution is -2.36. The van der Waals surface area contributed by atoms with Crippen LogP contribution in [0.1, 0.15) is 17.9 Å². The summed E-state index contributed by atoms with van der Waals surface area (Å²) in [4.78, 5) is 44.5. The highest BCUT2D eigenvalue weighted by molar-refractivity contribution is 6.36. The Morgan fingerprint density at radius 2 is 1.87 bits per heavy atom. The van der Waals surface area contributed by atoms with Gasteiger partial charge in [-0.25, -0.2) is 0 Å². The number of H-pyrrole nitrogens is 1. The van der Waals surface area contributed by atoms with Gasteiger partial charge >= 0.3 is 0 Å². The molecule has 0 fully saturated rings. The van der Waals surface area contributed by atoms with E-state index < -0.39 is 23.3 Å². The van der Waals surface area contributed by atoms with Crippen molar-refractivity contribution in [1.82, 2.24) is 9.97 Å². The number of aromatic amines is 1. The third-order valence-electron chi connectivity index (χ3n) is 4.49. The molecule has 0 saturated carbocycles. The maximum Gasteiger partial charge on any atom is 0.258 e. The topological polar surface area (TPSA) is 116 Å². The second kappa shape index (κ2) is 8.17. The lowest BCUT2D eigenvalue weighted by Gasteiger charge is -2.23. The average molecular weight is 444 g/mol. The molecule has 1 aliphatic heterocycles. The highest BCUT2D eigenvalue weighted by Crippen LogP contribution is 2.31. The maximum atomic E-state index is 12.8. The van der Waals surface area contributed by atoms with E-state index in [1.54, 1.807) is 36.4 Å². The van der Waals surface area contributed by atoms with Crippen molar-refractivity contribution >= 4 is 58.2 Å². The van der Waals surface area contributed by atoms with Crippen LogP contribution in [0, 0.1) is 0 Å². The predicted molar refractivity (Wildman–Crippen MR) is 116 cm³/mol. The van der Waals surface area contributed by atoms with E-state index in [9.17, 15) is 14.4 Å². The Bertz CT molecular complexity index is 1200. The number of carbonyl (C=O) groups excluding carboxylic acids is 2. The molecule has 2 amide bonds. The molecule has 2 heterocycles. The fourth-order valence-electron chi connectivity index (χ4n) is 3.12. The lowest BCUT2D eigenvalue weighted by molar-refractivity contribution is -0.123. The molecule has 0 unspecified atom stereocenters. The number of para-hydroxylation sites is 1. The summed E-state index contributed by atoms with van der Waals surface area (Å²) < 4.78 is 0. The van der Waals surface area contributed by atoms with Gasteiger partial charge in [-0.1, -0.05) is 41.4 Å². The molecule has 4 rings (SSSR count). The van der Waals surface area contributed by atoms with E-state index in [-0.39, 0.29) is 23.8 Å². The molecule has 8 nitrogen and oxygen atoms in total. The fourth-order valence-corrected chi connectivity index (χ4v) is 3.58. The predicted octanol–water partition coefficient (Wildman–Crippen LogP) is 3.88. The zero-order valence-electron chi connectivity index (χ0n) is 15.3. The first-order valence-corrected chi connectivity index (χ1v) is 9.68. The molecule has 1 aromatic heterocycles. The van der Waals surface area contributed by atoms with Gasteiger partial charge in [-0.15, -0.1) is 0 Å². The Morgan fingerprint density at radius 3 is 2.60 bits per heavy atom. The molecule has 0 radical (unpaired) electrons. The van der Waals surface area contributed by atoms with Gasteiger partial charge in [0, 0.05) is 17.1 Å². The second-order valence-corrected chi connectivity index (χ2v) is 7.43. The Kier molecular flexibility index (Phi) is 5.43. The summed E-state index contributed by atoms with van der Waals surface area (Å²) in [6, 6.07) is 13.6. The SMILES string of the molecule is O=C1C[C@@H](C(=O)Nc2ccccc2)c2c(nc(Nc3ccc(Cl)cc3Cl)[nH]c2=O)N1. The van der Waals surface area contributed by atoms with E-state index >= 15 is 0 Å². The number of hydrogen-bond donors (Lipinski definition) is 4. The molecule has 0 spiro atoms. The van der Waals surface area contributed by atoms with Crippen molar-refractivity contribution in [2.45, 2.75) is 12.3 Å². The maximum absolute atomic E-state index is 12.8. The number of halogens is 2. The molecule has 0 bridgehead atoms. The number of rotatable bonds is 4. The highest BCUT2D eigenvalue weighted by Gasteiger charge is 2.34. The van der Waals surface area contributed by atoms with Crippen LogP contribution < -0.4 is 21.5 Å². The van der Waals surface area contributed by atoms with E-state index in [2.05, 4.69) is 25.9 Å². The summed E-state index contributed by atoms with van der Waals surface area (Å²) in [5.74, 6) is -1.77. The molecular formula is C20H15Cl2N5O3. The van der Waals surface area contributed by atoms with Crippen LogP contribution in [0.3, 0.4) is 0 Å². The Labute approximate surface area is 180 Å². The number of nitrogens with zero attached hydrogens (tertiary/aromatic N) is 1. The first kappa shape index (κ1) is 19.9. The molecule has 2 aromatic carbocycles. The summed E-state index contributed by atoms with van der Waals surface area (Å²) in [5, 5.41) is 8.94. The van der Waals surface area contributed by atoms with Gasteiger partial charge in [0.25, 0.3) is 5.56 Å². The van der Waals surface area contributed by atoms with Gasteiger partial charge < -0.3 is 16.0 Å². The quantitative estimate of drug-likeness (QED) is 0.488.